The molecule has 0 saturated carbocycles. The van der Waals surface area contributed by atoms with Gasteiger partial charge in [0.1, 0.15) is 6.54 Å². The molecule has 1 aromatic carbocycles. The fourth-order valence-electron chi connectivity index (χ4n) is 2.64. The molecule has 0 amide bonds. The van der Waals surface area contributed by atoms with E-state index < -0.39 is 0 Å². The Hall–Kier alpha value is -2.47. The van der Waals surface area contributed by atoms with E-state index in [1.807, 2.05) is 37.3 Å². The number of benzene rings is 1. The monoisotopic (exact) mass is 400 g/mol. The van der Waals surface area contributed by atoms with Crippen LogP contribution in [0.4, 0.5) is 0 Å². The van der Waals surface area contributed by atoms with Crippen molar-refractivity contribution in [3.05, 3.63) is 86.1 Å². The smallest absolute Gasteiger partial charge is 0.270 e. The molecule has 25 heavy (non-hydrogen) atoms. The third kappa shape index (κ3) is 4.54. The maximum atomic E-state index is 12.6. The Morgan fingerprint density at radius 2 is 1.96 bits per heavy atom. The van der Waals surface area contributed by atoms with Gasteiger partial charge in [0.15, 0.2) is 5.78 Å². The number of rotatable bonds is 6. The molecule has 2 heterocycles. The summed E-state index contributed by atoms with van der Waals surface area (Å²) >= 11 is 3.37. The summed E-state index contributed by atoms with van der Waals surface area (Å²) in [7, 11) is 0. The van der Waals surface area contributed by atoms with Crippen LogP contribution in [0.3, 0.4) is 0 Å². The fourth-order valence-corrected chi connectivity index (χ4v) is 2.91. The predicted octanol–water partition coefficient (Wildman–Crippen LogP) is 3.31. The van der Waals surface area contributed by atoms with Crippen LogP contribution in [0, 0.1) is 6.92 Å². The molecule has 3 aromatic rings. The minimum absolute atomic E-state index is 0.0328. The van der Waals surface area contributed by atoms with Crippen LogP contribution in [0.2, 0.25) is 0 Å². The Bertz CT molecular complexity index is 928. The molecule has 0 fully saturated rings. The molecule has 0 spiro atoms. The highest BCUT2D eigenvalue weighted by atomic mass is 79.9. The Labute approximate surface area is 153 Å². The summed E-state index contributed by atoms with van der Waals surface area (Å²) < 4.78 is 7.26. The minimum Gasteiger partial charge on any atom is -0.472 e. The Balaban J connectivity index is 1.77. The third-order valence-corrected chi connectivity index (χ3v) is 4.31. The van der Waals surface area contributed by atoms with Crippen molar-refractivity contribution >= 4 is 21.7 Å². The first kappa shape index (κ1) is 17.4. The van der Waals surface area contributed by atoms with E-state index in [-0.39, 0.29) is 24.3 Å². The van der Waals surface area contributed by atoms with Gasteiger partial charge in [-0.05, 0) is 42.3 Å². The SMILES string of the molecule is Cc1cc(Cc2ccoc2)c(=O)n(CC(=O)Cc2ccc(Br)cc2)n1. The summed E-state index contributed by atoms with van der Waals surface area (Å²) in [6.07, 6.45) is 3.91. The van der Waals surface area contributed by atoms with Crippen LogP contribution in [0.5, 0.6) is 0 Å². The lowest BCUT2D eigenvalue weighted by Gasteiger charge is -2.08. The van der Waals surface area contributed by atoms with Crippen LogP contribution in [0.15, 0.2) is 62.6 Å². The average molecular weight is 401 g/mol. The van der Waals surface area contributed by atoms with Crippen LogP contribution in [0.1, 0.15) is 22.4 Å². The van der Waals surface area contributed by atoms with Crippen LogP contribution in [-0.2, 0) is 24.2 Å². The standard InChI is InChI=1S/C19H17BrN2O3/c1-13-8-16(9-15-6-7-25-12-15)19(24)22(21-13)11-18(23)10-14-2-4-17(20)5-3-14/h2-8,12H,9-11H2,1H3. The number of hydrogen-bond donors (Lipinski definition) is 0. The zero-order valence-electron chi connectivity index (χ0n) is 13.7. The van der Waals surface area contributed by atoms with Crippen molar-refractivity contribution in [3.8, 4) is 0 Å². The van der Waals surface area contributed by atoms with Gasteiger partial charge in [-0.1, -0.05) is 28.1 Å². The van der Waals surface area contributed by atoms with Crippen LogP contribution < -0.4 is 5.56 Å². The average Bonchev–Trinajstić information content (AvgIpc) is 3.07. The van der Waals surface area contributed by atoms with E-state index in [0.717, 1.165) is 15.6 Å². The topological polar surface area (TPSA) is 65.1 Å². The summed E-state index contributed by atoms with van der Waals surface area (Å²) in [6, 6.07) is 11.1. The highest BCUT2D eigenvalue weighted by Crippen LogP contribution is 2.11. The maximum absolute atomic E-state index is 12.6. The van der Waals surface area contributed by atoms with Gasteiger partial charge in [-0.15, -0.1) is 0 Å². The van der Waals surface area contributed by atoms with E-state index in [1.165, 1.54) is 4.68 Å². The number of nitrogens with zero attached hydrogens (tertiary/aromatic N) is 2. The fraction of sp³-hybridized carbons (Fsp3) is 0.211. The summed E-state index contributed by atoms with van der Waals surface area (Å²) in [4.78, 5) is 24.9. The number of aryl methyl sites for hydroxylation is 1. The van der Waals surface area contributed by atoms with Crippen LogP contribution >= 0.6 is 15.9 Å². The number of halogens is 1. The van der Waals surface area contributed by atoms with E-state index in [9.17, 15) is 9.59 Å². The molecular formula is C19H17BrN2O3. The Morgan fingerprint density at radius 1 is 1.20 bits per heavy atom. The number of carbonyl (C=O) groups is 1. The van der Waals surface area contributed by atoms with Gasteiger partial charge in [-0.25, -0.2) is 4.68 Å². The number of ketones is 1. The molecule has 3 rings (SSSR count). The van der Waals surface area contributed by atoms with E-state index >= 15 is 0 Å². The van der Waals surface area contributed by atoms with E-state index in [4.69, 9.17) is 4.42 Å². The third-order valence-electron chi connectivity index (χ3n) is 3.79. The van der Waals surface area contributed by atoms with Gasteiger partial charge in [-0.3, -0.25) is 9.59 Å². The first-order valence-electron chi connectivity index (χ1n) is 7.86. The Kier molecular flexibility index (Phi) is 5.28. The van der Waals surface area contributed by atoms with Crippen LogP contribution in [-0.4, -0.2) is 15.6 Å². The van der Waals surface area contributed by atoms with Crippen molar-refractivity contribution in [2.75, 3.05) is 0 Å². The van der Waals surface area contributed by atoms with Crippen molar-refractivity contribution in [2.45, 2.75) is 26.3 Å². The molecule has 0 N–H and O–H groups in total. The molecule has 6 heteroatoms. The van der Waals surface area contributed by atoms with Gasteiger partial charge in [0, 0.05) is 22.9 Å². The zero-order chi connectivity index (χ0) is 17.8. The van der Waals surface area contributed by atoms with E-state index in [2.05, 4.69) is 21.0 Å². The lowest BCUT2D eigenvalue weighted by Crippen LogP contribution is -2.30. The molecule has 0 unspecified atom stereocenters. The summed E-state index contributed by atoms with van der Waals surface area (Å²) in [6.45, 7) is 1.78. The van der Waals surface area contributed by atoms with Gasteiger partial charge < -0.3 is 4.42 Å². The largest absolute Gasteiger partial charge is 0.472 e. The molecule has 0 aliphatic carbocycles. The number of furan rings is 1. The normalized spacial score (nSPS) is 10.8. The molecule has 0 saturated heterocycles. The summed E-state index contributed by atoms with van der Waals surface area (Å²) in [5.41, 5.74) is 2.89. The number of aromatic nitrogens is 2. The Morgan fingerprint density at radius 3 is 2.64 bits per heavy atom. The number of carbonyl (C=O) groups excluding carboxylic acids is 1. The number of Topliss-reactive ketones (excluding diaryl/α,β-unsaturated/α-hetero) is 1. The van der Waals surface area contributed by atoms with Crippen molar-refractivity contribution in [3.63, 3.8) is 0 Å². The van der Waals surface area contributed by atoms with E-state index in [0.29, 0.717) is 17.7 Å². The first-order valence-corrected chi connectivity index (χ1v) is 8.65. The lowest BCUT2D eigenvalue weighted by atomic mass is 10.1. The summed E-state index contributed by atoms with van der Waals surface area (Å²) in [5.74, 6) is -0.0585. The molecule has 0 bridgehead atoms. The molecule has 0 aliphatic rings. The zero-order valence-corrected chi connectivity index (χ0v) is 15.3. The molecule has 0 aliphatic heterocycles. The van der Waals surface area contributed by atoms with Crippen LogP contribution in [0.25, 0.3) is 0 Å². The maximum Gasteiger partial charge on any atom is 0.270 e. The van der Waals surface area contributed by atoms with Gasteiger partial charge in [0.05, 0.1) is 18.2 Å². The molecule has 2 aromatic heterocycles. The van der Waals surface area contributed by atoms with Gasteiger partial charge in [0.25, 0.3) is 5.56 Å². The lowest BCUT2D eigenvalue weighted by molar-refractivity contribution is -0.119. The predicted molar refractivity (Wildman–Crippen MR) is 97.6 cm³/mol. The second kappa shape index (κ2) is 7.61. The molecule has 128 valence electrons. The van der Waals surface area contributed by atoms with Crippen molar-refractivity contribution in [2.24, 2.45) is 0 Å². The first-order chi connectivity index (χ1) is 12.0. The minimum atomic E-state index is -0.240. The van der Waals surface area contributed by atoms with Gasteiger partial charge >= 0.3 is 0 Å². The van der Waals surface area contributed by atoms with Gasteiger partial charge in [0.2, 0.25) is 0 Å². The summed E-state index contributed by atoms with van der Waals surface area (Å²) in [5, 5.41) is 4.21. The highest BCUT2D eigenvalue weighted by molar-refractivity contribution is 9.10. The van der Waals surface area contributed by atoms with E-state index in [1.54, 1.807) is 18.6 Å². The molecule has 0 atom stereocenters. The second-order valence-corrected chi connectivity index (χ2v) is 6.84. The molecule has 5 nitrogen and oxygen atoms in total. The van der Waals surface area contributed by atoms with Crippen molar-refractivity contribution in [1.82, 2.24) is 9.78 Å². The van der Waals surface area contributed by atoms with Crippen molar-refractivity contribution < 1.29 is 9.21 Å². The second-order valence-electron chi connectivity index (χ2n) is 5.92. The van der Waals surface area contributed by atoms with Crippen molar-refractivity contribution in [1.29, 1.82) is 0 Å². The quantitative estimate of drug-likeness (QED) is 0.636. The molecular weight excluding hydrogens is 384 g/mol. The van der Waals surface area contributed by atoms with Gasteiger partial charge in [-0.2, -0.15) is 5.10 Å². The number of hydrogen-bond acceptors (Lipinski definition) is 4. The molecule has 0 radical (unpaired) electrons. The highest BCUT2D eigenvalue weighted by Gasteiger charge is 2.12.